The topological polar surface area (TPSA) is 41.5 Å². The molecule has 0 aliphatic carbocycles. The van der Waals surface area contributed by atoms with Crippen LogP contribution in [-0.4, -0.2) is 11.7 Å². The molecular formula is C17H12ClIN2O. The summed E-state index contributed by atoms with van der Waals surface area (Å²) in [6.45, 7) is 2.01. The summed E-state index contributed by atoms with van der Waals surface area (Å²) in [4.78, 5) is 16.5. The smallest absolute Gasteiger partial charge is 0.275 e. The van der Waals surface area contributed by atoms with Gasteiger partial charge in [0.15, 0.2) is 0 Å². The van der Waals surface area contributed by atoms with Crippen LogP contribution in [0.2, 0.25) is 5.02 Å². The molecule has 2 aromatic rings. The minimum Gasteiger partial charge on any atom is -0.305 e. The van der Waals surface area contributed by atoms with E-state index in [1.165, 1.54) is 0 Å². The molecule has 1 aliphatic rings. The van der Waals surface area contributed by atoms with E-state index in [0.717, 1.165) is 20.3 Å². The lowest BCUT2D eigenvalue weighted by Gasteiger charge is -2.03. The quantitative estimate of drug-likeness (QED) is 0.573. The summed E-state index contributed by atoms with van der Waals surface area (Å²) in [5.41, 5.74) is 3.20. The average Bonchev–Trinajstić information content (AvgIpc) is 2.83. The summed E-state index contributed by atoms with van der Waals surface area (Å²) in [5, 5.41) is 3.34. The molecule has 1 aliphatic heterocycles. The Kier molecular flexibility index (Phi) is 4.31. The molecule has 110 valence electrons. The van der Waals surface area contributed by atoms with Crippen molar-refractivity contribution in [2.75, 3.05) is 0 Å². The van der Waals surface area contributed by atoms with Gasteiger partial charge >= 0.3 is 0 Å². The number of amidine groups is 1. The summed E-state index contributed by atoms with van der Waals surface area (Å²) >= 11 is 8.40. The molecule has 3 rings (SSSR count). The summed E-state index contributed by atoms with van der Waals surface area (Å²) < 4.78 is 1.03. The predicted octanol–water partition coefficient (Wildman–Crippen LogP) is 4.17. The largest absolute Gasteiger partial charge is 0.305 e. The Labute approximate surface area is 147 Å². The van der Waals surface area contributed by atoms with Crippen molar-refractivity contribution >= 4 is 52.0 Å². The van der Waals surface area contributed by atoms with Gasteiger partial charge in [-0.15, -0.1) is 0 Å². The average molecular weight is 423 g/mol. The number of halogens is 2. The van der Waals surface area contributed by atoms with Crippen LogP contribution in [0.15, 0.2) is 53.2 Å². The molecule has 2 aromatic carbocycles. The number of amides is 1. The maximum absolute atomic E-state index is 12.1. The highest BCUT2D eigenvalue weighted by Crippen LogP contribution is 2.22. The molecule has 0 saturated carbocycles. The number of benzene rings is 2. The molecule has 0 unspecified atom stereocenters. The molecule has 0 saturated heterocycles. The highest BCUT2D eigenvalue weighted by atomic mass is 127. The number of carbonyl (C=O) groups excluding carboxylic acids is 1. The first-order chi connectivity index (χ1) is 10.5. The van der Waals surface area contributed by atoms with Gasteiger partial charge in [0.25, 0.3) is 5.91 Å². The first-order valence-corrected chi connectivity index (χ1v) is 8.12. The van der Waals surface area contributed by atoms with Gasteiger partial charge in [0.2, 0.25) is 0 Å². The summed E-state index contributed by atoms with van der Waals surface area (Å²) in [6.07, 6.45) is 1.77. The fraction of sp³-hybridized carbons (Fsp3) is 0.0588. The van der Waals surface area contributed by atoms with Gasteiger partial charge in [-0.05, 0) is 59.4 Å². The zero-order valence-corrected chi connectivity index (χ0v) is 14.6. The number of hydrogen-bond acceptors (Lipinski definition) is 2. The number of hydrogen-bond donors (Lipinski definition) is 1. The summed E-state index contributed by atoms with van der Waals surface area (Å²) in [7, 11) is 0. The molecule has 3 nitrogen and oxygen atoms in total. The fourth-order valence-electron chi connectivity index (χ4n) is 2.19. The Bertz CT molecular complexity index is 827. The SMILES string of the molecule is Cc1cccc(C=C2N=C(c3cc(I)ccc3Cl)NC2=O)c1. The molecule has 0 radical (unpaired) electrons. The third-order valence-corrected chi connectivity index (χ3v) is 4.23. The van der Waals surface area contributed by atoms with Crippen molar-refractivity contribution in [2.24, 2.45) is 4.99 Å². The number of rotatable bonds is 2. The van der Waals surface area contributed by atoms with E-state index in [1.807, 2.05) is 43.3 Å². The fourth-order valence-corrected chi connectivity index (χ4v) is 2.89. The monoisotopic (exact) mass is 422 g/mol. The van der Waals surface area contributed by atoms with Gasteiger partial charge in [-0.3, -0.25) is 4.79 Å². The Morgan fingerprint density at radius 2 is 2.05 bits per heavy atom. The third-order valence-electron chi connectivity index (χ3n) is 3.23. The standard InChI is InChI=1S/C17H12ClIN2O/c1-10-3-2-4-11(7-10)8-15-17(22)21-16(20-15)13-9-12(19)5-6-14(13)18/h2-9H,1H3,(H,20,21,22). The van der Waals surface area contributed by atoms with Gasteiger partial charge in [-0.1, -0.05) is 41.4 Å². The molecule has 0 bridgehead atoms. The zero-order valence-electron chi connectivity index (χ0n) is 11.7. The second-order valence-corrected chi connectivity index (χ2v) is 6.64. The number of aryl methyl sites for hydroxylation is 1. The van der Waals surface area contributed by atoms with E-state index in [4.69, 9.17) is 11.6 Å². The first-order valence-electron chi connectivity index (χ1n) is 6.67. The van der Waals surface area contributed by atoms with Crippen LogP contribution in [0.5, 0.6) is 0 Å². The van der Waals surface area contributed by atoms with Crippen molar-refractivity contribution in [3.8, 4) is 0 Å². The highest BCUT2D eigenvalue weighted by molar-refractivity contribution is 14.1. The van der Waals surface area contributed by atoms with Crippen LogP contribution in [0, 0.1) is 10.5 Å². The number of carbonyl (C=O) groups is 1. The predicted molar refractivity (Wildman–Crippen MR) is 98.0 cm³/mol. The van der Waals surface area contributed by atoms with Crippen LogP contribution in [0.3, 0.4) is 0 Å². The molecule has 1 N–H and O–H groups in total. The Balaban J connectivity index is 2.00. The van der Waals surface area contributed by atoms with E-state index >= 15 is 0 Å². The van der Waals surface area contributed by atoms with Gasteiger partial charge in [0.1, 0.15) is 11.5 Å². The van der Waals surface area contributed by atoms with E-state index in [-0.39, 0.29) is 5.91 Å². The second kappa shape index (κ2) is 6.22. The van der Waals surface area contributed by atoms with Gasteiger partial charge < -0.3 is 5.32 Å². The van der Waals surface area contributed by atoms with Crippen LogP contribution in [-0.2, 0) is 4.79 Å². The van der Waals surface area contributed by atoms with Gasteiger partial charge in [0.05, 0.1) is 5.02 Å². The van der Waals surface area contributed by atoms with Crippen LogP contribution in [0.25, 0.3) is 6.08 Å². The van der Waals surface area contributed by atoms with Crippen LogP contribution < -0.4 is 5.32 Å². The van der Waals surface area contributed by atoms with E-state index in [1.54, 1.807) is 12.1 Å². The van der Waals surface area contributed by atoms with Crippen molar-refractivity contribution in [2.45, 2.75) is 6.92 Å². The third kappa shape index (κ3) is 3.23. The highest BCUT2D eigenvalue weighted by Gasteiger charge is 2.22. The molecule has 0 aromatic heterocycles. The van der Waals surface area contributed by atoms with Gasteiger partial charge in [-0.25, -0.2) is 4.99 Å². The maximum atomic E-state index is 12.1. The molecular weight excluding hydrogens is 411 g/mol. The van der Waals surface area contributed by atoms with Gasteiger partial charge in [0, 0.05) is 9.13 Å². The Morgan fingerprint density at radius 1 is 1.23 bits per heavy atom. The molecule has 22 heavy (non-hydrogen) atoms. The summed E-state index contributed by atoms with van der Waals surface area (Å²) in [6, 6.07) is 13.5. The van der Waals surface area contributed by atoms with E-state index in [2.05, 4.69) is 32.9 Å². The molecule has 1 amide bonds. The van der Waals surface area contributed by atoms with E-state index in [9.17, 15) is 4.79 Å². The molecule has 0 spiro atoms. The number of nitrogens with zero attached hydrogens (tertiary/aromatic N) is 1. The normalized spacial score (nSPS) is 15.9. The summed E-state index contributed by atoms with van der Waals surface area (Å²) in [5.74, 6) is 0.277. The Hall–Kier alpha value is -1.66. The van der Waals surface area contributed by atoms with Crippen LogP contribution in [0.1, 0.15) is 16.7 Å². The number of aliphatic imine (C=N–C) groups is 1. The number of nitrogens with one attached hydrogen (secondary N) is 1. The van der Waals surface area contributed by atoms with E-state index in [0.29, 0.717) is 16.6 Å². The van der Waals surface area contributed by atoms with Crippen molar-refractivity contribution in [1.29, 1.82) is 0 Å². The lowest BCUT2D eigenvalue weighted by molar-refractivity contribution is -0.115. The maximum Gasteiger partial charge on any atom is 0.275 e. The molecule has 0 atom stereocenters. The van der Waals surface area contributed by atoms with Crippen LogP contribution in [0.4, 0.5) is 0 Å². The lowest BCUT2D eigenvalue weighted by Crippen LogP contribution is -2.25. The van der Waals surface area contributed by atoms with Crippen molar-refractivity contribution in [1.82, 2.24) is 5.32 Å². The zero-order chi connectivity index (χ0) is 15.7. The van der Waals surface area contributed by atoms with Crippen LogP contribution >= 0.6 is 34.2 Å². The van der Waals surface area contributed by atoms with Crippen molar-refractivity contribution in [3.63, 3.8) is 0 Å². The minimum absolute atomic E-state index is 0.216. The molecule has 1 heterocycles. The molecule has 5 heteroatoms. The first kappa shape index (κ1) is 15.2. The van der Waals surface area contributed by atoms with Crippen molar-refractivity contribution in [3.05, 3.63) is 73.4 Å². The lowest BCUT2D eigenvalue weighted by atomic mass is 10.1. The van der Waals surface area contributed by atoms with Crippen molar-refractivity contribution < 1.29 is 4.79 Å². The molecule has 0 fully saturated rings. The minimum atomic E-state index is -0.216. The second-order valence-electron chi connectivity index (χ2n) is 4.98. The van der Waals surface area contributed by atoms with Gasteiger partial charge in [-0.2, -0.15) is 0 Å². The van der Waals surface area contributed by atoms with E-state index < -0.39 is 0 Å². The Morgan fingerprint density at radius 3 is 2.82 bits per heavy atom.